The molecule has 2 heterocycles. The van der Waals surface area contributed by atoms with Crippen LogP contribution in [0.4, 0.5) is 8.78 Å². The van der Waals surface area contributed by atoms with Crippen LogP contribution in [0.3, 0.4) is 0 Å². The molecule has 2 aliphatic heterocycles. The van der Waals surface area contributed by atoms with Gasteiger partial charge >= 0.3 is 5.92 Å². The van der Waals surface area contributed by atoms with Gasteiger partial charge in [0.1, 0.15) is 39.2 Å². The second-order valence-corrected chi connectivity index (χ2v) is 11.2. The quantitative estimate of drug-likeness (QED) is 0.335. The normalized spacial score (nSPS) is 22.4. The Morgan fingerprint density at radius 3 is 2.27 bits per heavy atom. The fourth-order valence-electron chi connectivity index (χ4n) is 4.95. The van der Waals surface area contributed by atoms with Gasteiger partial charge in [-0.05, 0) is 34.5 Å². The van der Waals surface area contributed by atoms with Crippen molar-refractivity contribution in [3.05, 3.63) is 69.7 Å². The van der Waals surface area contributed by atoms with E-state index < -0.39 is 45.1 Å². The van der Waals surface area contributed by atoms with Crippen molar-refractivity contribution in [3.8, 4) is 0 Å². The van der Waals surface area contributed by atoms with Gasteiger partial charge in [0.05, 0.1) is 5.44 Å². The third kappa shape index (κ3) is 4.00. The predicted molar refractivity (Wildman–Crippen MR) is 147 cm³/mol. The summed E-state index contributed by atoms with van der Waals surface area (Å²) >= 11 is 5.74. The number of piperidine rings is 1. The van der Waals surface area contributed by atoms with Crippen molar-refractivity contribution in [2.75, 3.05) is 0 Å². The van der Waals surface area contributed by atoms with E-state index in [-0.39, 0.29) is 24.0 Å². The molecule has 0 saturated carbocycles. The van der Waals surface area contributed by atoms with Gasteiger partial charge < -0.3 is 10.2 Å². The number of fused-ring (bicyclic) bond motifs is 1. The molecule has 0 aromatic heterocycles. The van der Waals surface area contributed by atoms with E-state index in [0.29, 0.717) is 16.7 Å². The van der Waals surface area contributed by atoms with Crippen LogP contribution in [0.5, 0.6) is 0 Å². The summed E-state index contributed by atoms with van der Waals surface area (Å²) < 4.78 is 29.2. The maximum atomic E-state index is 14.6. The lowest BCUT2D eigenvalue weighted by Gasteiger charge is -2.59. The first-order valence-electron chi connectivity index (χ1n) is 11.8. The minimum absolute atomic E-state index is 0.0918. The number of carbonyl (C=O) groups is 4. The van der Waals surface area contributed by atoms with Crippen LogP contribution in [-0.4, -0.2) is 73.2 Å². The molecule has 2 aromatic rings. The van der Waals surface area contributed by atoms with Crippen LogP contribution in [0.25, 0.3) is 0 Å². The molecule has 7 nitrogen and oxygen atoms in total. The van der Waals surface area contributed by atoms with Crippen LogP contribution in [-0.2, 0) is 33.4 Å². The van der Waals surface area contributed by atoms with Crippen molar-refractivity contribution in [1.29, 1.82) is 0 Å². The second-order valence-electron chi connectivity index (χ2n) is 10.8. The molecule has 2 aromatic carbocycles. The Morgan fingerprint density at radius 2 is 1.65 bits per heavy atom. The zero-order valence-corrected chi connectivity index (χ0v) is 21.9. The summed E-state index contributed by atoms with van der Waals surface area (Å²) in [6.07, 6.45) is 0. The van der Waals surface area contributed by atoms with Gasteiger partial charge in [0.2, 0.25) is 11.8 Å². The highest BCUT2D eigenvalue weighted by atomic mass is 35.5. The second kappa shape index (κ2) is 8.79. The van der Waals surface area contributed by atoms with Crippen LogP contribution < -0.4 is 10.6 Å². The van der Waals surface area contributed by atoms with E-state index in [4.69, 9.17) is 11.6 Å². The molecule has 0 unspecified atom stereocenters. The monoisotopic (exact) mass is 521 g/mol. The molecule has 1 atom stereocenters. The van der Waals surface area contributed by atoms with E-state index in [1.54, 1.807) is 57.4 Å². The highest BCUT2D eigenvalue weighted by molar-refractivity contribution is 6.66. The molecule has 15 heteroatoms. The summed E-state index contributed by atoms with van der Waals surface area (Å²) in [5.41, 5.74) is -0.327. The Bertz CT molecular complexity index is 1340. The van der Waals surface area contributed by atoms with Gasteiger partial charge in [0, 0.05) is 29.2 Å². The number of hydrogen-bond donors (Lipinski definition) is 2. The number of amides is 4. The summed E-state index contributed by atoms with van der Waals surface area (Å²) in [5, 5.41) is 3.08. The number of nitrogens with zero attached hydrogens (tertiary/aromatic N) is 1. The molecule has 1 fully saturated rings. The van der Waals surface area contributed by atoms with Gasteiger partial charge in [0.15, 0.2) is 0 Å². The average Bonchev–Trinajstić information content (AvgIpc) is 3.17. The third-order valence-electron chi connectivity index (χ3n) is 8.47. The maximum absolute atomic E-state index is 14.6. The first-order valence-corrected chi connectivity index (χ1v) is 12.1. The Morgan fingerprint density at radius 1 is 1.03 bits per heavy atom. The standard InChI is InChI=1S/C22H23B5ClF2N3O4/c23-20(24)17(36)32-18(37)21(25,22(20,26)27)33-9-11-7-10(1-6-14(11)15(33)34)8-31-16(35)19(29,30)12-2-4-13(28)5-3-12/h1-7H,8-9,23-27H2,(H,31,35)(H,32,36,37)/t21-/m0/s1. The summed E-state index contributed by atoms with van der Waals surface area (Å²) in [7, 11) is 8.71. The molecule has 0 bridgehead atoms. The van der Waals surface area contributed by atoms with E-state index in [0.717, 1.165) is 12.1 Å². The van der Waals surface area contributed by atoms with Crippen LogP contribution >= 0.6 is 11.6 Å². The van der Waals surface area contributed by atoms with Gasteiger partial charge in [-0.15, -0.1) is 0 Å². The van der Waals surface area contributed by atoms with Gasteiger partial charge in [-0.25, -0.2) is 0 Å². The Hall–Kier alpha value is -3.01. The van der Waals surface area contributed by atoms with Crippen molar-refractivity contribution in [3.63, 3.8) is 0 Å². The number of hydrogen-bond acceptors (Lipinski definition) is 4. The molecule has 186 valence electrons. The van der Waals surface area contributed by atoms with Gasteiger partial charge in [0.25, 0.3) is 11.8 Å². The lowest BCUT2D eigenvalue weighted by atomic mass is 9.21. The fraction of sp³-hybridized carbons (Fsp3) is 0.273. The molecule has 4 amide bonds. The van der Waals surface area contributed by atoms with E-state index >= 15 is 0 Å². The molecule has 2 N–H and O–H groups in total. The lowest BCUT2D eigenvalue weighted by molar-refractivity contribution is -0.147. The number of benzene rings is 2. The molecular weight excluding hydrogens is 498 g/mol. The van der Waals surface area contributed by atoms with E-state index in [1.807, 2.05) is 0 Å². The molecule has 1 saturated heterocycles. The van der Waals surface area contributed by atoms with Crippen molar-refractivity contribution in [1.82, 2.24) is 15.5 Å². The third-order valence-corrected chi connectivity index (χ3v) is 8.73. The molecule has 4 rings (SSSR count). The van der Waals surface area contributed by atoms with Gasteiger partial charge in [-0.2, -0.15) is 8.78 Å². The van der Waals surface area contributed by atoms with Crippen LogP contribution in [0.2, 0.25) is 15.5 Å². The van der Waals surface area contributed by atoms with Crippen molar-refractivity contribution in [2.24, 2.45) is 0 Å². The molecule has 0 aliphatic carbocycles. The Balaban J connectivity index is 1.54. The fourth-order valence-corrected chi connectivity index (χ4v) is 5.07. The van der Waals surface area contributed by atoms with E-state index in [1.165, 1.54) is 17.0 Å². The number of halogens is 3. The van der Waals surface area contributed by atoms with Crippen molar-refractivity contribution >= 4 is 74.5 Å². The van der Waals surface area contributed by atoms with Gasteiger partial charge in [-0.3, -0.25) is 24.5 Å². The Labute approximate surface area is 222 Å². The molecule has 37 heavy (non-hydrogen) atoms. The minimum atomic E-state index is -3.76. The molecule has 0 spiro atoms. The van der Waals surface area contributed by atoms with Crippen LogP contribution in [0.15, 0.2) is 42.5 Å². The zero-order valence-electron chi connectivity index (χ0n) is 21.2. The topological polar surface area (TPSA) is 95.6 Å². The molecular formula is C22H23B5ClF2N3O4. The summed E-state index contributed by atoms with van der Waals surface area (Å²) in [5.74, 6) is -6.55. The summed E-state index contributed by atoms with van der Waals surface area (Å²) in [6.45, 7) is -0.0945. The van der Waals surface area contributed by atoms with Crippen LogP contribution in [0, 0.1) is 0 Å². The number of carbonyl (C=O) groups excluding carboxylic acids is 4. The minimum Gasteiger partial charge on any atom is -0.346 e. The van der Waals surface area contributed by atoms with Crippen LogP contribution in [0.1, 0.15) is 27.0 Å². The molecule has 2 aliphatic rings. The number of rotatable bonds is 5. The lowest BCUT2D eigenvalue weighted by Crippen LogP contribution is -2.75. The number of nitrogens with one attached hydrogen (secondary N) is 2. The smallest absolute Gasteiger partial charge is 0.346 e. The van der Waals surface area contributed by atoms with Crippen molar-refractivity contribution < 1.29 is 28.0 Å². The highest BCUT2D eigenvalue weighted by Gasteiger charge is 2.64. The van der Waals surface area contributed by atoms with Gasteiger partial charge in [-0.1, -0.05) is 41.1 Å². The summed E-state index contributed by atoms with van der Waals surface area (Å²) in [4.78, 5) is 52.8. The first kappa shape index (κ1) is 27.0. The largest absolute Gasteiger partial charge is 0.349 e. The van der Waals surface area contributed by atoms with Crippen molar-refractivity contribution in [2.45, 2.75) is 34.9 Å². The first-order chi connectivity index (χ1) is 17.0. The van der Waals surface area contributed by atoms with E-state index in [2.05, 4.69) is 10.6 Å². The Kier molecular flexibility index (Phi) is 6.42. The maximum Gasteiger partial charge on any atom is 0.349 e. The predicted octanol–water partition coefficient (Wildman–Crippen LogP) is -2.55. The highest BCUT2D eigenvalue weighted by Crippen LogP contribution is 2.55. The average molecular weight is 521 g/mol. The zero-order chi connectivity index (χ0) is 27.6. The number of imide groups is 1. The van der Waals surface area contributed by atoms with E-state index in [9.17, 15) is 28.0 Å². The SMILES string of the molecule is BC1(B)C(=O)NC(=O)[C@](B)(N2Cc3cc(CNC(=O)C(F)(F)c4ccc(Cl)cc4)ccc3C2=O)C1(B)B. The number of alkyl halides is 2. The molecule has 0 radical (unpaired) electrons. The summed E-state index contributed by atoms with van der Waals surface area (Å²) in [6, 6.07) is 9.54.